The van der Waals surface area contributed by atoms with Crippen molar-refractivity contribution in [1.29, 1.82) is 0 Å². The molecule has 0 spiro atoms. The van der Waals surface area contributed by atoms with Gasteiger partial charge in [-0.25, -0.2) is 9.97 Å². The van der Waals surface area contributed by atoms with Gasteiger partial charge in [-0.2, -0.15) is 0 Å². The SMILES string of the molecule is CC1(C)OB(/C(=C/c2ncccn2)c2ccccc2)OC1(C)C. The third-order valence-corrected chi connectivity index (χ3v) is 4.48. The molecule has 1 aromatic carbocycles. The molecule has 23 heavy (non-hydrogen) atoms. The Hall–Kier alpha value is -1.98. The molecule has 3 rings (SSSR count). The predicted octanol–water partition coefficient (Wildman–Crippen LogP) is 3.65. The van der Waals surface area contributed by atoms with E-state index in [0.717, 1.165) is 11.0 Å². The highest BCUT2D eigenvalue weighted by Crippen LogP contribution is 2.40. The maximum Gasteiger partial charge on any atom is 0.495 e. The molecule has 1 aliphatic rings. The Morgan fingerprint density at radius 3 is 2.04 bits per heavy atom. The number of rotatable bonds is 3. The predicted molar refractivity (Wildman–Crippen MR) is 92.4 cm³/mol. The van der Waals surface area contributed by atoms with Gasteiger partial charge in [0.1, 0.15) is 0 Å². The summed E-state index contributed by atoms with van der Waals surface area (Å²) in [7, 11) is -0.453. The van der Waals surface area contributed by atoms with Gasteiger partial charge in [0, 0.05) is 12.4 Å². The molecule has 5 heteroatoms. The van der Waals surface area contributed by atoms with E-state index < -0.39 is 7.12 Å². The molecule has 0 bridgehead atoms. The van der Waals surface area contributed by atoms with E-state index in [1.807, 2.05) is 36.4 Å². The second-order valence-electron chi connectivity index (χ2n) is 6.66. The van der Waals surface area contributed by atoms with E-state index in [0.29, 0.717) is 5.82 Å². The molecule has 2 heterocycles. The Bertz CT molecular complexity index is 683. The molecular weight excluding hydrogens is 287 g/mol. The summed E-state index contributed by atoms with van der Waals surface area (Å²) < 4.78 is 12.4. The molecule has 0 unspecified atom stereocenters. The summed E-state index contributed by atoms with van der Waals surface area (Å²) in [6, 6.07) is 11.9. The Morgan fingerprint density at radius 2 is 1.48 bits per heavy atom. The molecule has 1 saturated heterocycles. The van der Waals surface area contributed by atoms with E-state index in [1.165, 1.54) is 0 Å². The summed E-state index contributed by atoms with van der Waals surface area (Å²) in [5, 5.41) is 0. The summed E-state index contributed by atoms with van der Waals surface area (Å²) in [6.07, 6.45) is 5.38. The number of hydrogen-bond acceptors (Lipinski definition) is 4. The van der Waals surface area contributed by atoms with Crippen LogP contribution in [0.2, 0.25) is 0 Å². The average molecular weight is 308 g/mol. The van der Waals surface area contributed by atoms with Crippen LogP contribution in [0.1, 0.15) is 39.1 Å². The summed E-state index contributed by atoms with van der Waals surface area (Å²) in [6.45, 7) is 8.20. The molecule has 0 atom stereocenters. The van der Waals surface area contributed by atoms with Crippen LogP contribution in [0.25, 0.3) is 11.5 Å². The molecule has 0 amide bonds. The van der Waals surface area contributed by atoms with Gasteiger partial charge < -0.3 is 9.31 Å². The Kier molecular flexibility index (Phi) is 4.09. The monoisotopic (exact) mass is 308 g/mol. The maximum atomic E-state index is 6.21. The zero-order valence-corrected chi connectivity index (χ0v) is 14.0. The molecule has 1 fully saturated rings. The summed E-state index contributed by atoms with van der Waals surface area (Å²) >= 11 is 0. The first-order valence-corrected chi connectivity index (χ1v) is 7.79. The largest absolute Gasteiger partial charge is 0.495 e. The fourth-order valence-corrected chi connectivity index (χ4v) is 2.41. The van der Waals surface area contributed by atoms with Gasteiger partial charge >= 0.3 is 7.12 Å². The molecule has 0 radical (unpaired) electrons. The highest BCUT2D eigenvalue weighted by Gasteiger charge is 2.52. The minimum Gasteiger partial charge on any atom is -0.399 e. The quantitative estimate of drug-likeness (QED) is 0.812. The van der Waals surface area contributed by atoms with Crippen LogP contribution in [0, 0.1) is 0 Å². The lowest BCUT2D eigenvalue weighted by atomic mass is 9.73. The molecule has 2 aromatic rings. The lowest BCUT2D eigenvalue weighted by Gasteiger charge is -2.32. The number of nitrogens with zero attached hydrogens (tertiary/aromatic N) is 2. The van der Waals surface area contributed by atoms with Crippen molar-refractivity contribution in [3.63, 3.8) is 0 Å². The second-order valence-corrected chi connectivity index (χ2v) is 6.66. The van der Waals surface area contributed by atoms with Crippen LogP contribution in [0.3, 0.4) is 0 Å². The molecule has 0 saturated carbocycles. The first kappa shape index (κ1) is 15.9. The van der Waals surface area contributed by atoms with E-state index >= 15 is 0 Å². The van der Waals surface area contributed by atoms with E-state index in [1.54, 1.807) is 18.5 Å². The van der Waals surface area contributed by atoms with Gasteiger partial charge in [-0.15, -0.1) is 0 Å². The maximum absolute atomic E-state index is 6.21. The van der Waals surface area contributed by atoms with E-state index in [9.17, 15) is 0 Å². The van der Waals surface area contributed by atoms with Crippen molar-refractivity contribution in [3.8, 4) is 0 Å². The highest BCUT2D eigenvalue weighted by atomic mass is 16.7. The molecule has 0 aliphatic carbocycles. The average Bonchev–Trinajstić information content (AvgIpc) is 2.75. The molecule has 4 nitrogen and oxygen atoms in total. The van der Waals surface area contributed by atoms with Gasteiger partial charge in [0.2, 0.25) is 0 Å². The zero-order valence-electron chi connectivity index (χ0n) is 14.0. The van der Waals surface area contributed by atoms with Gasteiger partial charge in [-0.05, 0) is 50.9 Å². The zero-order chi connectivity index (χ0) is 16.5. The Balaban J connectivity index is 2.03. The van der Waals surface area contributed by atoms with E-state index in [4.69, 9.17) is 9.31 Å². The second kappa shape index (κ2) is 5.91. The van der Waals surface area contributed by atoms with Gasteiger partial charge in [0.25, 0.3) is 0 Å². The fraction of sp³-hybridized carbons (Fsp3) is 0.333. The van der Waals surface area contributed by atoms with Crippen LogP contribution >= 0.6 is 0 Å². The summed E-state index contributed by atoms with van der Waals surface area (Å²) in [5.74, 6) is 0.640. The van der Waals surface area contributed by atoms with Crippen LogP contribution in [-0.4, -0.2) is 28.3 Å². The minimum absolute atomic E-state index is 0.386. The van der Waals surface area contributed by atoms with Crippen LogP contribution in [0.4, 0.5) is 0 Å². The first-order valence-electron chi connectivity index (χ1n) is 7.79. The Labute approximate surface area is 137 Å². The molecule has 0 N–H and O–H groups in total. The molecule has 1 aliphatic heterocycles. The van der Waals surface area contributed by atoms with Crippen LogP contribution < -0.4 is 0 Å². The standard InChI is InChI=1S/C18H21BN2O2/c1-17(2)18(3,4)23-19(22-17)15(14-9-6-5-7-10-14)13-16-20-11-8-12-21-16/h5-13H,1-4H3/b15-13+. The molecule has 1 aromatic heterocycles. The summed E-state index contributed by atoms with van der Waals surface area (Å²) in [4.78, 5) is 8.58. The summed E-state index contributed by atoms with van der Waals surface area (Å²) in [5.41, 5.74) is 1.19. The van der Waals surface area contributed by atoms with Crippen molar-refractivity contribution in [2.75, 3.05) is 0 Å². The minimum atomic E-state index is -0.453. The molecular formula is C18H21BN2O2. The van der Waals surface area contributed by atoms with Crippen molar-refractivity contribution >= 4 is 18.7 Å². The lowest BCUT2D eigenvalue weighted by molar-refractivity contribution is 0.00578. The van der Waals surface area contributed by atoms with Crippen LogP contribution in [0.5, 0.6) is 0 Å². The Morgan fingerprint density at radius 1 is 0.913 bits per heavy atom. The topological polar surface area (TPSA) is 44.2 Å². The third-order valence-electron chi connectivity index (χ3n) is 4.48. The number of hydrogen-bond donors (Lipinski definition) is 0. The van der Waals surface area contributed by atoms with Gasteiger partial charge in [0.15, 0.2) is 5.82 Å². The van der Waals surface area contributed by atoms with Gasteiger partial charge in [0.05, 0.1) is 11.2 Å². The van der Waals surface area contributed by atoms with Gasteiger partial charge in [-0.3, -0.25) is 0 Å². The van der Waals surface area contributed by atoms with Crippen molar-refractivity contribution in [2.24, 2.45) is 0 Å². The van der Waals surface area contributed by atoms with Gasteiger partial charge in [-0.1, -0.05) is 30.3 Å². The first-order chi connectivity index (χ1) is 10.9. The smallest absolute Gasteiger partial charge is 0.399 e. The lowest BCUT2D eigenvalue weighted by Crippen LogP contribution is -2.41. The van der Waals surface area contributed by atoms with E-state index in [-0.39, 0.29) is 11.2 Å². The van der Waals surface area contributed by atoms with Crippen molar-refractivity contribution in [2.45, 2.75) is 38.9 Å². The van der Waals surface area contributed by atoms with Crippen molar-refractivity contribution in [1.82, 2.24) is 9.97 Å². The number of aromatic nitrogens is 2. The molecule has 118 valence electrons. The van der Waals surface area contributed by atoms with Crippen LogP contribution in [-0.2, 0) is 9.31 Å². The highest BCUT2D eigenvalue weighted by molar-refractivity contribution is 6.70. The fourth-order valence-electron chi connectivity index (χ4n) is 2.41. The number of benzene rings is 1. The van der Waals surface area contributed by atoms with E-state index in [2.05, 4.69) is 37.7 Å². The normalized spacial score (nSPS) is 19.8. The van der Waals surface area contributed by atoms with Crippen LogP contribution in [0.15, 0.2) is 48.8 Å². The van der Waals surface area contributed by atoms with Crippen molar-refractivity contribution < 1.29 is 9.31 Å². The van der Waals surface area contributed by atoms with Crippen molar-refractivity contribution in [3.05, 3.63) is 60.2 Å². The third kappa shape index (κ3) is 3.21.